The number of ether oxygens (including phenoxy) is 1. The first-order valence-corrected chi connectivity index (χ1v) is 4.44. The van der Waals surface area contributed by atoms with Crippen LogP contribution in [-0.4, -0.2) is 22.8 Å². The van der Waals surface area contributed by atoms with Crippen molar-refractivity contribution in [2.24, 2.45) is 0 Å². The molecule has 11 heavy (non-hydrogen) atoms. The van der Waals surface area contributed by atoms with E-state index in [4.69, 9.17) is 34.8 Å². The largest absolute Gasteiger partial charge is 0.464 e. The summed E-state index contributed by atoms with van der Waals surface area (Å²) in [5, 5.41) is 0. The molecule has 2 nitrogen and oxygen atoms in total. The maximum atomic E-state index is 10.9. The molecule has 0 rings (SSSR count). The molecule has 0 amide bonds. The molecule has 0 aromatic carbocycles. The molecule has 0 radical (unpaired) electrons. The number of halogens is 3. The molecular formula is C6H9Cl3O2. The monoisotopic (exact) mass is 218 g/mol. The van der Waals surface area contributed by atoms with Crippen molar-refractivity contribution in [3.05, 3.63) is 0 Å². The highest BCUT2D eigenvalue weighted by atomic mass is 35.5. The first kappa shape index (κ1) is 11.3. The Balaban J connectivity index is 3.94. The van der Waals surface area contributed by atoms with Crippen molar-refractivity contribution in [2.75, 3.05) is 12.5 Å². The minimum Gasteiger partial charge on any atom is -0.464 e. The Morgan fingerprint density at radius 2 is 2.09 bits per heavy atom. The van der Waals surface area contributed by atoms with Gasteiger partial charge in [0.1, 0.15) is 0 Å². The fourth-order valence-corrected chi connectivity index (χ4v) is 1.23. The standard InChI is InChI=1S/C6H9Cl3O2/c1-2-11-5(10)6(8,9)3-4-7/h2-4H2,1H3. The van der Waals surface area contributed by atoms with Crippen LogP contribution in [0.25, 0.3) is 0 Å². The lowest BCUT2D eigenvalue weighted by molar-refractivity contribution is -0.143. The highest BCUT2D eigenvalue weighted by Gasteiger charge is 2.34. The summed E-state index contributed by atoms with van der Waals surface area (Å²) in [6.45, 7) is 1.95. The van der Waals surface area contributed by atoms with E-state index in [1.165, 1.54) is 0 Å². The van der Waals surface area contributed by atoms with Crippen molar-refractivity contribution < 1.29 is 9.53 Å². The van der Waals surface area contributed by atoms with Crippen molar-refractivity contribution in [1.82, 2.24) is 0 Å². The molecule has 0 saturated carbocycles. The van der Waals surface area contributed by atoms with Crippen LogP contribution in [0.5, 0.6) is 0 Å². The van der Waals surface area contributed by atoms with Crippen molar-refractivity contribution in [1.29, 1.82) is 0 Å². The molecule has 0 fully saturated rings. The number of esters is 1. The van der Waals surface area contributed by atoms with Gasteiger partial charge in [0.05, 0.1) is 6.61 Å². The zero-order valence-corrected chi connectivity index (χ0v) is 8.34. The maximum absolute atomic E-state index is 10.9. The first-order valence-electron chi connectivity index (χ1n) is 3.15. The van der Waals surface area contributed by atoms with Gasteiger partial charge < -0.3 is 4.74 Å². The van der Waals surface area contributed by atoms with Gasteiger partial charge in [0, 0.05) is 12.3 Å². The third-order valence-electron chi connectivity index (χ3n) is 0.983. The van der Waals surface area contributed by atoms with Crippen LogP contribution in [0.2, 0.25) is 0 Å². The lowest BCUT2D eigenvalue weighted by Gasteiger charge is -2.15. The summed E-state index contributed by atoms with van der Waals surface area (Å²) in [5.74, 6) is -0.407. The van der Waals surface area contributed by atoms with Gasteiger partial charge in [-0.1, -0.05) is 23.2 Å². The van der Waals surface area contributed by atoms with Gasteiger partial charge in [-0.05, 0) is 6.92 Å². The molecule has 0 aliphatic heterocycles. The van der Waals surface area contributed by atoms with Gasteiger partial charge in [0.15, 0.2) is 0 Å². The predicted molar refractivity (Wildman–Crippen MR) is 46.4 cm³/mol. The van der Waals surface area contributed by atoms with E-state index in [1.807, 2.05) is 0 Å². The molecule has 0 aromatic heterocycles. The average molecular weight is 219 g/mol. The highest BCUT2D eigenvalue weighted by molar-refractivity contribution is 6.57. The van der Waals surface area contributed by atoms with Crippen molar-refractivity contribution in [2.45, 2.75) is 17.7 Å². The maximum Gasteiger partial charge on any atom is 0.342 e. The van der Waals surface area contributed by atoms with E-state index in [0.717, 1.165) is 0 Å². The van der Waals surface area contributed by atoms with E-state index in [-0.39, 0.29) is 18.9 Å². The molecule has 0 aliphatic rings. The third kappa shape index (κ3) is 4.04. The predicted octanol–water partition coefficient (Wildman–Crippen LogP) is 2.35. The van der Waals surface area contributed by atoms with Gasteiger partial charge in [-0.15, -0.1) is 11.6 Å². The average Bonchev–Trinajstić information content (AvgIpc) is 1.88. The van der Waals surface area contributed by atoms with E-state index in [9.17, 15) is 4.79 Å². The lowest BCUT2D eigenvalue weighted by atomic mass is 10.3. The number of hydrogen-bond acceptors (Lipinski definition) is 2. The van der Waals surface area contributed by atoms with E-state index in [2.05, 4.69) is 4.74 Å². The highest BCUT2D eigenvalue weighted by Crippen LogP contribution is 2.27. The Labute approximate surface area is 80.7 Å². The quantitative estimate of drug-likeness (QED) is 0.536. The molecule has 0 unspecified atom stereocenters. The smallest absolute Gasteiger partial charge is 0.342 e. The van der Waals surface area contributed by atoms with Crippen LogP contribution in [0.1, 0.15) is 13.3 Å². The minimum absolute atomic E-state index is 0.191. The molecule has 5 heteroatoms. The number of rotatable bonds is 4. The molecule has 0 spiro atoms. The van der Waals surface area contributed by atoms with Crippen LogP contribution in [-0.2, 0) is 9.53 Å². The van der Waals surface area contributed by atoms with Gasteiger partial charge in [0.25, 0.3) is 0 Å². The van der Waals surface area contributed by atoms with Crippen LogP contribution in [0, 0.1) is 0 Å². The molecule has 0 aromatic rings. The molecule has 0 N–H and O–H groups in total. The Morgan fingerprint density at radius 1 is 1.55 bits per heavy atom. The van der Waals surface area contributed by atoms with Gasteiger partial charge in [-0.3, -0.25) is 0 Å². The summed E-state index contributed by atoms with van der Waals surface area (Å²) in [6, 6.07) is 0. The summed E-state index contributed by atoms with van der Waals surface area (Å²) in [7, 11) is 0. The summed E-state index contributed by atoms with van der Waals surface area (Å²) in [4.78, 5) is 10.9. The van der Waals surface area contributed by atoms with E-state index < -0.39 is 10.3 Å². The zero-order chi connectivity index (χ0) is 8.91. The molecule has 0 saturated heterocycles. The van der Waals surface area contributed by atoms with E-state index in [1.54, 1.807) is 6.92 Å². The van der Waals surface area contributed by atoms with Gasteiger partial charge in [-0.2, -0.15) is 0 Å². The summed E-state index contributed by atoms with van der Waals surface area (Å²) >= 11 is 16.5. The Morgan fingerprint density at radius 3 is 2.45 bits per heavy atom. The van der Waals surface area contributed by atoms with Crippen LogP contribution in [0.3, 0.4) is 0 Å². The summed E-state index contributed by atoms with van der Waals surface area (Å²) in [6.07, 6.45) is 0.191. The fraction of sp³-hybridized carbons (Fsp3) is 0.833. The molecular weight excluding hydrogens is 210 g/mol. The van der Waals surface area contributed by atoms with Crippen molar-refractivity contribution in [3.63, 3.8) is 0 Å². The van der Waals surface area contributed by atoms with Crippen molar-refractivity contribution in [3.8, 4) is 0 Å². The van der Waals surface area contributed by atoms with Crippen molar-refractivity contribution >= 4 is 40.8 Å². The fourth-order valence-electron chi connectivity index (χ4n) is 0.457. The third-order valence-corrected chi connectivity index (χ3v) is 1.86. The second-order valence-corrected chi connectivity index (χ2v) is 3.73. The number of carbonyl (C=O) groups is 1. The van der Waals surface area contributed by atoms with Gasteiger partial charge in [0.2, 0.25) is 4.33 Å². The SMILES string of the molecule is CCOC(=O)C(Cl)(Cl)CCCl. The summed E-state index contributed by atoms with van der Waals surface area (Å²) < 4.78 is 3.11. The molecule has 0 atom stereocenters. The normalized spacial score (nSPS) is 11.3. The first-order chi connectivity index (χ1) is 5.04. The van der Waals surface area contributed by atoms with Crippen LogP contribution < -0.4 is 0 Å². The Bertz CT molecular complexity index is 136. The van der Waals surface area contributed by atoms with Crippen LogP contribution >= 0.6 is 34.8 Å². The Hall–Kier alpha value is 0.340. The topological polar surface area (TPSA) is 26.3 Å². The summed E-state index contributed by atoms with van der Waals surface area (Å²) in [5.41, 5.74) is 0. The van der Waals surface area contributed by atoms with Gasteiger partial charge in [-0.25, -0.2) is 4.79 Å². The molecule has 0 heterocycles. The van der Waals surface area contributed by atoms with Crippen LogP contribution in [0.4, 0.5) is 0 Å². The molecule has 0 aliphatic carbocycles. The second-order valence-electron chi connectivity index (χ2n) is 1.86. The number of carbonyl (C=O) groups excluding carboxylic acids is 1. The molecule has 0 bridgehead atoms. The van der Waals surface area contributed by atoms with Crippen LogP contribution in [0.15, 0.2) is 0 Å². The zero-order valence-electron chi connectivity index (χ0n) is 6.07. The lowest BCUT2D eigenvalue weighted by Crippen LogP contribution is -2.28. The Kier molecular flexibility index (Phi) is 5.23. The number of hydrogen-bond donors (Lipinski definition) is 0. The minimum atomic E-state index is -1.49. The van der Waals surface area contributed by atoms with E-state index in [0.29, 0.717) is 0 Å². The van der Waals surface area contributed by atoms with Gasteiger partial charge >= 0.3 is 5.97 Å². The second kappa shape index (κ2) is 5.07. The van der Waals surface area contributed by atoms with E-state index >= 15 is 0 Å². The number of alkyl halides is 3. The molecule has 66 valence electrons.